The fourth-order valence-electron chi connectivity index (χ4n) is 1.71. The molecule has 0 saturated carbocycles. The lowest BCUT2D eigenvalue weighted by Crippen LogP contribution is -2.05. The van der Waals surface area contributed by atoms with Gasteiger partial charge in [0.25, 0.3) is 9.05 Å². The van der Waals surface area contributed by atoms with Crippen molar-refractivity contribution in [2.75, 3.05) is 6.61 Å². The van der Waals surface area contributed by atoms with Crippen molar-refractivity contribution in [3.05, 3.63) is 33.9 Å². The zero-order valence-corrected chi connectivity index (χ0v) is 13.6. The molecule has 0 aromatic heterocycles. The van der Waals surface area contributed by atoms with Crippen molar-refractivity contribution in [2.24, 2.45) is 0 Å². The van der Waals surface area contributed by atoms with Gasteiger partial charge >= 0.3 is 0 Å². The highest BCUT2D eigenvalue weighted by molar-refractivity contribution is 8.13. The summed E-state index contributed by atoms with van der Waals surface area (Å²) in [6, 6.07) is 1.53. The quantitative estimate of drug-likeness (QED) is 0.785. The van der Waals surface area contributed by atoms with E-state index in [0.717, 1.165) is 16.7 Å². The summed E-state index contributed by atoms with van der Waals surface area (Å²) in [6.45, 7) is 7.51. The average Bonchev–Trinajstić information content (AvgIpc) is 2.31. The Labute approximate surface area is 123 Å². The van der Waals surface area contributed by atoms with Crippen LogP contribution < -0.4 is 4.74 Å². The average molecular weight is 323 g/mol. The van der Waals surface area contributed by atoms with Crippen molar-refractivity contribution < 1.29 is 13.2 Å². The van der Waals surface area contributed by atoms with Crippen LogP contribution in [0, 0.1) is 20.8 Å². The van der Waals surface area contributed by atoms with Gasteiger partial charge in [0.15, 0.2) is 0 Å². The Bertz CT molecular complexity index is 619. The second-order valence-corrected chi connectivity index (χ2v) is 7.21. The zero-order chi connectivity index (χ0) is 14.8. The van der Waals surface area contributed by atoms with Crippen LogP contribution in [0.1, 0.15) is 23.6 Å². The van der Waals surface area contributed by atoms with Crippen LogP contribution in [-0.4, -0.2) is 15.0 Å². The maximum atomic E-state index is 11.5. The number of halogens is 2. The van der Waals surface area contributed by atoms with Crippen LogP contribution in [0.25, 0.3) is 0 Å². The summed E-state index contributed by atoms with van der Waals surface area (Å²) in [5.74, 6) is 0.666. The first-order valence-electron chi connectivity index (χ1n) is 5.62. The van der Waals surface area contributed by atoms with Gasteiger partial charge in [-0.05, 0) is 56.0 Å². The van der Waals surface area contributed by atoms with Crippen molar-refractivity contribution in [1.82, 2.24) is 0 Å². The molecule has 0 saturated heterocycles. The van der Waals surface area contributed by atoms with Crippen LogP contribution in [0.15, 0.2) is 22.1 Å². The van der Waals surface area contributed by atoms with Gasteiger partial charge in [0.1, 0.15) is 12.4 Å². The maximum Gasteiger partial charge on any atom is 0.261 e. The van der Waals surface area contributed by atoms with Crippen molar-refractivity contribution >= 4 is 31.3 Å². The lowest BCUT2D eigenvalue weighted by atomic mass is 10.1. The van der Waals surface area contributed by atoms with Crippen LogP contribution in [0.4, 0.5) is 0 Å². The van der Waals surface area contributed by atoms with E-state index in [1.165, 1.54) is 11.6 Å². The topological polar surface area (TPSA) is 43.4 Å². The number of hydrogen-bond acceptors (Lipinski definition) is 3. The van der Waals surface area contributed by atoms with E-state index in [9.17, 15) is 8.42 Å². The lowest BCUT2D eigenvalue weighted by molar-refractivity contribution is 0.347. The summed E-state index contributed by atoms with van der Waals surface area (Å²) in [5, 5.41) is 0. The van der Waals surface area contributed by atoms with E-state index in [4.69, 9.17) is 27.0 Å². The Morgan fingerprint density at radius 1 is 1.32 bits per heavy atom. The molecule has 1 aromatic carbocycles. The zero-order valence-electron chi connectivity index (χ0n) is 11.3. The molecule has 1 aromatic rings. The Hall–Kier alpha value is -0.710. The number of benzene rings is 1. The normalized spacial score (nSPS) is 12.6. The number of aryl methyl sites for hydroxylation is 1. The van der Waals surface area contributed by atoms with Gasteiger partial charge in [-0.3, -0.25) is 0 Å². The van der Waals surface area contributed by atoms with Crippen LogP contribution in [0.5, 0.6) is 5.75 Å². The molecule has 0 atom stereocenters. The van der Waals surface area contributed by atoms with Crippen LogP contribution in [0.3, 0.4) is 0 Å². The molecule has 3 nitrogen and oxygen atoms in total. The summed E-state index contributed by atoms with van der Waals surface area (Å²) in [5.41, 5.74) is 4.43. The molecule has 0 aliphatic carbocycles. The second-order valence-electron chi connectivity index (χ2n) is 4.45. The fraction of sp³-hybridized carbons (Fsp3) is 0.385. The largest absolute Gasteiger partial charge is 0.489 e. The highest BCUT2D eigenvalue weighted by atomic mass is 35.7. The third kappa shape index (κ3) is 3.88. The molecular formula is C13H16Cl2O3S. The highest BCUT2D eigenvalue weighted by Crippen LogP contribution is 2.32. The Kier molecular flexibility index (Phi) is 5.30. The Balaban J connectivity index is 3.27. The van der Waals surface area contributed by atoms with Gasteiger partial charge in [0, 0.05) is 16.2 Å². The fourth-order valence-corrected chi connectivity index (χ4v) is 3.09. The SMILES string of the molecule is CC(=CCl)COc1c(C)cc(S(=O)(=O)Cl)c(C)c1C. The van der Waals surface area contributed by atoms with Gasteiger partial charge in [-0.25, -0.2) is 8.42 Å². The van der Waals surface area contributed by atoms with E-state index in [-0.39, 0.29) is 4.90 Å². The predicted molar refractivity (Wildman–Crippen MR) is 78.8 cm³/mol. The summed E-state index contributed by atoms with van der Waals surface area (Å²) in [6.07, 6.45) is 0. The highest BCUT2D eigenvalue weighted by Gasteiger charge is 2.19. The first-order valence-corrected chi connectivity index (χ1v) is 8.37. The van der Waals surface area contributed by atoms with Crippen LogP contribution >= 0.6 is 22.3 Å². The summed E-state index contributed by atoms with van der Waals surface area (Å²) in [4.78, 5) is 0.126. The maximum absolute atomic E-state index is 11.5. The van der Waals surface area contributed by atoms with Gasteiger partial charge < -0.3 is 4.74 Å². The summed E-state index contributed by atoms with van der Waals surface area (Å²) in [7, 11) is 1.67. The monoisotopic (exact) mass is 322 g/mol. The molecule has 0 unspecified atom stereocenters. The Morgan fingerprint density at radius 3 is 2.37 bits per heavy atom. The van der Waals surface area contributed by atoms with Gasteiger partial charge in [-0.15, -0.1) is 0 Å². The minimum absolute atomic E-state index is 0.126. The molecule has 0 radical (unpaired) electrons. The van der Waals surface area contributed by atoms with Gasteiger partial charge in [-0.1, -0.05) is 11.6 Å². The molecule has 0 fully saturated rings. The molecule has 106 valence electrons. The van der Waals surface area contributed by atoms with E-state index in [1.807, 2.05) is 13.8 Å². The number of hydrogen-bond donors (Lipinski definition) is 0. The predicted octanol–water partition coefficient (Wildman–Crippen LogP) is 4.06. The Morgan fingerprint density at radius 2 is 1.89 bits per heavy atom. The van der Waals surface area contributed by atoms with Crippen molar-refractivity contribution in [3.63, 3.8) is 0 Å². The molecule has 0 N–H and O–H groups in total. The molecular weight excluding hydrogens is 307 g/mol. The van der Waals surface area contributed by atoms with E-state index in [0.29, 0.717) is 17.9 Å². The summed E-state index contributed by atoms with van der Waals surface area (Å²) >= 11 is 5.58. The summed E-state index contributed by atoms with van der Waals surface area (Å²) < 4.78 is 28.6. The second kappa shape index (κ2) is 6.16. The van der Waals surface area contributed by atoms with Gasteiger partial charge in [0.2, 0.25) is 0 Å². The third-order valence-corrected chi connectivity index (χ3v) is 4.69. The molecule has 19 heavy (non-hydrogen) atoms. The number of ether oxygens (including phenoxy) is 1. The third-order valence-electron chi connectivity index (χ3n) is 2.87. The first kappa shape index (κ1) is 16.3. The first-order chi connectivity index (χ1) is 8.68. The van der Waals surface area contributed by atoms with Crippen molar-refractivity contribution in [2.45, 2.75) is 32.6 Å². The molecule has 0 aliphatic rings. The molecule has 0 spiro atoms. The van der Waals surface area contributed by atoms with Crippen molar-refractivity contribution in [1.29, 1.82) is 0 Å². The van der Waals surface area contributed by atoms with Gasteiger partial charge in [0.05, 0.1) is 4.90 Å². The van der Waals surface area contributed by atoms with E-state index < -0.39 is 9.05 Å². The molecule has 0 aliphatic heterocycles. The van der Waals surface area contributed by atoms with E-state index >= 15 is 0 Å². The van der Waals surface area contributed by atoms with E-state index in [2.05, 4.69) is 0 Å². The van der Waals surface area contributed by atoms with E-state index in [1.54, 1.807) is 13.8 Å². The van der Waals surface area contributed by atoms with Crippen LogP contribution in [0.2, 0.25) is 0 Å². The minimum Gasteiger partial charge on any atom is -0.489 e. The number of rotatable bonds is 4. The molecule has 6 heteroatoms. The standard InChI is InChI=1S/C13H16Cl2O3S/c1-8(6-14)7-18-13-9(2)5-12(19(15,16)17)10(3)11(13)4/h5-6H,7H2,1-4H3. The van der Waals surface area contributed by atoms with Gasteiger partial charge in [-0.2, -0.15) is 0 Å². The molecule has 0 heterocycles. The minimum atomic E-state index is -3.75. The molecule has 0 amide bonds. The lowest BCUT2D eigenvalue weighted by Gasteiger charge is -2.16. The molecule has 1 rings (SSSR count). The van der Waals surface area contributed by atoms with Crippen molar-refractivity contribution in [3.8, 4) is 5.75 Å². The smallest absolute Gasteiger partial charge is 0.261 e. The molecule has 0 bridgehead atoms. The van der Waals surface area contributed by atoms with Crippen LogP contribution in [-0.2, 0) is 9.05 Å².